The van der Waals surface area contributed by atoms with Gasteiger partial charge in [0.15, 0.2) is 11.5 Å². The van der Waals surface area contributed by atoms with Gasteiger partial charge < -0.3 is 19.5 Å². The summed E-state index contributed by atoms with van der Waals surface area (Å²) < 4.78 is 17.8. The van der Waals surface area contributed by atoms with E-state index >= 15 is 0 Å². The third kappa shape index (κ3) is 7.48. The third-order valence-corrected chi connectivity index (χ3v) is 7.26. The van der Waals surface area contributed by atoms with Gasteiger partial charge in [-0.2, -0.15) is 5.26 Å². The number of amides is 3. The minimum Gasteiger partial charge on any atom is -0.494 e. The molecule has 4 rings (SSSR count). The van der Waals surface area contributed by atoms with Gasteiger partial charge in [0.25, 0.3) is 11.1 Å². The van der Waals surface area contributed by atoms with Crippen LogP contribution in [-0.2, 0) is 16.2 Å². The van der Waals surface area contributed by atoms with Crippen LogP contribution in [0, 0.1) is 11.3 Å². The lowest BCUT2D eigenvalue weighted by Crippen LogP contribution is -2.36. The van der Waals surface area contributed by atoms with Crippen LogP contribution >= 0.6 is 27.7 Å². The summed E-state index contributed by atoms with van der Waals surface area (Å²) in [5, 5.41) is 11.5. The Morgan fingerprint density at radius 1 is 1.05 bits per heavy atom. The van der Waals surface area contributed by atoms with Gasteiger partial charge in [-0.05, 0) is 95.6 Å². The monoisotopic (exact) mass is 635 g/mol. The topological polar surface area (TPSA) is 118 Å². The number of hydrogen-bond donors (Lipinski definition) is 1. The molecule has 1 fully saturated rings. The lowest BCUT2D eigenvalue weighted by atomic mass is 10.1. The van der Waals surface area contributed by atoms with Crippen molar-refractivity contribution in [3.8, 4) is 23.3 Å². The lowest BCUT2D eigenvalue weighted by molar-refractivity contribution is -0.127. The van der Waals surface area contributed by atoms with Crippen LogP contribution < -0.4 is 19.5 Å². The smallest absolute Gasteiger partial charge is 0.294 e. The Morgan fingerprint density at radius 2 is 1.78 bits per heavy atom. The summed E-state index contributed by atoms with van der Waals surface area (Å²) in [6, 6.07) is 19.5. The molecule has 0 aliphatic carbocycles. The molecule has 3 aromatic carbocycles. The van der Waals surface area contributed by atoms with E-state index in [4.69, 9.17) is 14.2 Å². The zero-order valence-corrected chi connectivity index (χ0v) is 24.7. The number of hydrogen-bond acceptors (Lipinski definition) is 8. The molecule has 41 heavy (non-hydrogen) atoms. The van der Waals surface area contributed by atoms with Crippen LogP contribution in [0.15, 0.2) is 70.0 Å². The first kappa shape index (κ1) is 29.7. The van der Waals surface area contributed by atoms with Gasteiger partial charge in [0, 0.05) is 11.3 Å². The molecule has 210 valence electrons. The summed E-state index contributed by atoms with van der Waals surface area (Å²) in [6.45, 7) is 4.33. The lowest BCUT2D eigenvalue weighted by Gasteiger charge is -2.15. The number of nitrogens with one attached hydrogen (secondary N) is 1. The van der Waals surface area contributed by atoms with Gasteiger partial charge in [0.05, 0.1) is 34.2 Å². The quantitative estimate of drug-likeness (QED) is 0.241. The molecule has 0 radical (unpaired) electrons. The number of carbonyl (C=O) groups excluding carboxylic acids is 3. The number of carbonyl (C=O) groups is 3. The predicted octanol–water partition coefficient (Wildman–Crippen LogP) is 6.37. The number of benzene rings is 3. The van der Waals surface area contributed by atoms with E-state index in [1.165, 1.54) is 0 Å². The maximum atomic E-state index is 13.0. The van der Waals surface area contributed by atoms with Crippen molar-refractivity contribution in [1.29, 1.82) is 5.26 Å². The molecule has 1 aliphatic heterocycles. The van der Waals surface area contributed by atoms with E-state index in [0.717, 1.165) is 22.2 Å². The highest BCUT2D eigenvalue weighted by Gasteiger charge is 2.36. The molecule has 1 N–H and O–H groups in total. The van der Waals surface area contributed by atoms with Crippen LogP contribution in [-0.4, -0.2) is 41.7 Å². The first-order valence-electron chi connectivity index (χ1n) is 12.7. The highest BCUT2D eigenvalue weighted by Crippen LogP contribution is 2.40. The Balaban J connectivity index is 1.47. The van der Waals surface area contributed by atoms with Crippen molar-refractivity contribution in [2.75, 3.05) is 25.1 Å². The summed E-state index contributed by atoms with van der Waals surface area (Å²) in [5.74, 6) is 0.472. The molecule has 0 spiro atoms. The normalized spacial score (nSPS) is 13.7. The second-order valence-electron chi connectivity index (χ2n) is 8.59. The van der Waals surface area contributed by atoms with Crippen LogP contribution in [0.5, 0.6) is 17.2 Å². The summed E-state index contributed by atoms with van der Waals surface area (Å²) in [5.41, 5.74) is 2.36. The third-order valence-electron chi connectivity index (χ3n) is 5.76. The number of rotatable bonds is 11. The van der Waals surface area contributed by atoms with E-state index < -0.39 is 23.6 Å². The molecular weight excluding hydrogens is 610 g/mol. The van der Waals surface area contributed by atoms with Crippen molar-refractivity contribution in [3.05, 3.63) is 86.7 Å². The zero-order chi connectivity index (χ0) is 29.4. The Kier molecular flexibility index (Phi) is 10.1. The Hall–Kier alpha value is -4.27. The van der Waals surface area contributed by atoms with Crippen LogP contribution in [0.1, 0.15) is 30.5 Å². The SMILES string of the molecule is CCOc1ccc(NC(=O)CN2C(=O)S/C(=C/c3cc(Br)c(OCc4ccccc4C#N)c(OCC)c3)C2=O)cc1. The second kappa shape index (κ2) is 13.9. The summed E-state index contributed by atoms with van der Waals surface area (Å²) >= 11 is 4.27. The zero-order valence-electron chi connectivity index (χ0n) is 22.3. The van der Waals surface area contributed by atoms with Crippen molar-refractivity contribution in [2.24, 2.45) is 0 Å². The Bertz CT molecular complexity index is 1530. The average Bonchev–Trinajstić information content (AvgIpc) is 3.21. The minimum atomic E-state index is -0.565. The minimum absolute atomic E-state index is 0.152. The number of anilines is 1. The average molecular weight is 637 g/mol. The second-order valence-corrected chi connectivity index (χ2v) is 10.4. The first-order valence-corrected chi connectivity index (χ1v) is 14.3. The number of halogens is 1. The molecular formula is C30H26BrN3O6S. The molecule has 9 nitrogen and oxygen atoms in total. The molecule has 0 aromatic heterocycles. The fourth-order valence-electron chi connectivity index (χ4n) is 3.91. The Labute approximate surface area is 250 Å². The fourth-order valence-corrected chi connectivity index (χ4v) is 5.32. The molecule has 1 saturated heterocycles. The van der Waals surface area contributed by atoms with Crippen LogP contribution in [0.25, 0.3) is 6.08 Å². The molecule has 1 heterocycles. The number of ether oxygens (including phenoxy) is 3. The summed E-state index contributed by atoms with van der Waals surface area (Å²) in [6.07, 6.45) is 1.57. The molecule has 3 aromatic rings. The van der Waals surface area contributed by atoms with Crippen LogP contribution in [0.2, 0.25) is 0 Å². The van der Waals surface area contributed by atoms with Crippen molar-refractivity contribution >= 4 is 56.5 Å². The van der Waals surface area contributed by atoms with Crippen LogP contribution in [0.3, 0.4) is 0 Å². The van der Waals surface area contributed by atoms with Crippen LogP contribution in [0.4, 0.5) is 10.5 Å². The van der Waals surface area contributed by atoms with E-state index in [0.29, 0.717) is 51.7 Å². The maximum absolute atomic E-state index is 13.0. The van der Waals surface area contributed by atoms with Gasteiger partial charge in [-0.1, -0.05) is 18.2 Å². The van der Waals surface area contributed by atoms with Crippen molar-refractivity contribution in [1.82, 2.24) is 4.90 Å². The van der Waals surface area contributed by atoms with Gasteiger partial charge in [-0.25, -0.2) is 0 Å². The molecule has 0 atom stereocenters. The number of thioether (sulfide) groups is 1. The van der Waals surface area contributed by atoms with E-state index in [2.05, 4.69) is 27.3 Å². The predicted molar refractivity (Wildman–Crippen MR) is 160 cm³/mol. The molecule has 0 bridgehead atoms. The van der Waals surface area contributed by atoms with Gasteiger partial charge in [0.1, 0.15) is 18.9 Å². The largest absolute Gasteiger partial charge is 0.494 e. The van der Waals surface area contributed by atoms with E-state index in [-0.39, 0.29) is 11.5 Å². The fraction of sp³-hybridized carbons (Fsp3) is 0.200. The van der Waals surface area contributed by atoms with Crippen molar-refractivity contribution < 1.29 is 28.6 Å². The van der Waals surface area contributed by atoms with Crippen molar-refractivity contribution in [2.45, 2.75) is 20.5 Å². The highest BCUT2D eigenvalue weighted by molar-refractivity contribution is 9.10. The maximum Gasteiger partial charge on any atom is 0.294 e. The van der Waals surface area contributed by atoms with Crippen molar-refractivity contribution in [3.63, 3.8) is 0 Å². The molecule has 11 heteroatoms. The summed E-state index contributed by atoms with van der Waals surface area (Å²) in [4.78, 5) is 39.3. The first-order chi connectivity index (χ1) is 19.8. The van der Waals surface area contributed by atoms with Gasteiger partial charge in [-0.15, -0.1) is 0 Å². The summed E-state index contributed by atoms with van der Waals surface area (Å²) in [7, 11) is 0. The number of nitrogens with zero attached hydrogens (tertiary/aromatic N) is 2. The standard InChI is InChI=1S/C30H26BrN3O6S/c1-3-38-23-11-9-22(10-12-23)33-27(35)17-34-29(36)26(41-30(34)37)15-19-13-24(31)28(25(14-19)39-4-2)40-18-21-8-6-5-7-20(21)16-32/h5-15H,3-4,17-18H2,1-2H3,(H,33,35)/b26-15+. The molecule has 1 aliphatic rings. The molecule has 0 saturated carbocycles. The molecule has 3 amide bonds. The van der Waals surface area contributed by atoms with E-state index in [9.17, 15) is 19.6 Å². The van der Waals surface area contributed by atoms with E-state index in [1.807, 2.05) is 26.0 Å². The van der Waals surface area contributed by atoms with Gasteiger partial charge in [0.2, 0.25) is 5.91 Å². The van der Waals surface area contributed by atoms with E-state index in [1.54, 1.807) is 54.6 Å². The highest BCUT2D eigenvalue weighted by atomic mass is 79.9. The van der Waals surface area contributed by atoms with Gasteiger partial charge in [-0.3, -0.25) is 19.3 Å². The number of imide groups is 1. The Morgan fingerprint density at radius 3 is 2.49 bits per heavy atom. The molecule has 0 unspecified atom stereocenters. The van der Waals surface area contributed by atoms with Gasteiger partial charge >= 0.3 is 0 Å². The number of nitriles is 1.